The second-order valence-electron chi connectivity index (χ2n) is 2.87. The summed E-state index contributed by atoms with van der Waals surface area (Å²) in [7, 11) is 5.46. The van der Waals surface area contributed by atoms with E-state index < -0.39 is 0 Å². The molecular formula is C8H18BN. The maximum Gasteiger partial charge on any atom is 0.203 e. The summed E-state index contributed by atoms with van der Waals surface area (Å²) >= 11 is 0. The van der Waals surface area contributed by atoms with Gasteiger partial charge in [-0.2, -0.15) is 0 Å². The largest absolute Gasteiger partial charge is 0.350 e. The first-order valence-electron chi connectivity index (χ1n) is 4.03. The van der Waals surface area contributed by atoms with Crippen LogP contribution in [0.3, 0.4) is 0 Å². The third-order valence-electron chi connectivity index (χ3n) is 1.46. The van der Waals surface area contributed by atoms with Crippen LogP contribution in [0.4, 0.5) is 0 Å². The number of unbranched alkanes of at least 4 members (excludes halogenated alkanes) is 1. The van der Waals surface area contributed by atoms with Crippen LogP contribution in [0.5, 0.6) is 0 Å². The molecule has 0 unspecified atom stereocenters. The predicted octanol–water partition coefficient (Wildman–Crippen LogP) is 1.67. The molecule has 0 N–H and O–H groups in total. The van der Waals surface area contributed by atoms with Crippen LogP contribution in [-0.4, -0.2) is 26.3 Å². The molecule has 0 heterocycles. The highest BCUT2D eigenvalue weighted by Gasteiger charge is 1.91. The minimum atomic E-state index is 1.22. The van der Waals surface area contributed by atoms with Gasteiger partial charge in [0.15, 0.2) is 0 Å². The lowest BCUT2D eigenvalue weighted by atomic mass is 9.85. The number of hydrogen-bond acceptors (Lipinski definition) is 1. The van der Waals surface area contributed by atoms with Gasteiger partial charge in [0.05, 0.1) is 0 Å². The molecule has 0 saturated carbocycles. The Morgan fingerprint density at radius 1 is 1.40 bits per heavy atom. The van der Waals surface area contributed by atoms with Gasteiger partial charge in [0.25, 0.3) is 0 Å². The van der Waals surface area contributed by atoms with Crippen LogP contribution in [0.25, 0.3) is 0 Å². The average molecular weight is 139 g/mol. The fourth-order valence-electron chi connectivity index (χ4n) is 0.857. The quantitative estimate of drug-likeness (QED) is 0.318. The van der Waals surface area contributed by atoms with E-state index in [2.05, 4.69) is 38.0 Å². The van der Waals surface area contributed by atoms with Gasteiger partial charge < -0.3 is 4.81 Å². The Morgan fingerprint density at radius 3 is 2.60 bits per heavy atom. The third-order valence-corrected chi connectivity index (χ3v) is 1.46. The van der Waals surface area contributed by atoms with Gasteiger partial charge in [-0.05, 0) is 27.4 Å². The van der Waals surface area contributed by atoms with Crippen LogP contribution < -0.4 is 0 Å². The SMILES string of the molecule is C/C=C/CCCBN(C)C. The van der Waals surface area contributed by atoms with E-state index in [0.717, 1.165) is 0 Å². The van der Waals surface area contributed by atoms with Gasteiger partial charge in [0.2, 0.25) is 7.41 Å². The molecule has 1 nitrogen and oxygen atoms in total. The molecule has 0 fully saturated rings. The molecular weight excluding hydrogens is 121 g/mol. The minimum absolute atomic E-state index is 1.22. The second-order valence-corrected chi connectivity index (χ2v) is 2.87. The van der Waals surface area contributed by atoms with E-state index in [-0.39, 0.29) is 0 Å². The Kier molecular flexibility index (Phi) is 6.72. The fourth-order valence-corrected chi connectivity index (χ4v) is 0.857. The predicted molar refractivity (Wildman–Crippen MR) is 49.7 cm³/mol. The maximum atomic E-state index is 2.23. The van der Waals surface area contributed by atoms with Gasteiger partial charge in [-0.15, -0.1) is 0 Å². The molecule has 58 valence electrons. The average Bonchev–Trinajstić information content (AvgIpc) is 1.87. The number of nitrogens with zero attached hydrogens (tertiary/aromatic N) is 1. The second kappa shape index (κ2) is 6.88. The van der Waals surface area contributed by atoms with Crippen molar-refractivity contribution in [2.45, 2.75) is 26.1 Å². The van der Waals surface area contributed by atoms with Crippen LogP contribution in [0.1, 0.15) is 19.8 Å². The summed E-state index contributed by atoms with van der Waals surface area (Å²) in [6.07, 6.45) is 8.23. The molecule has 10 heavy (non-hydrogen) atoms. The van der Waals surface area contributed by atoms with Gasteiger partial charge in [0, 0.05) is 0 Å². The molecule has 0 rings (SSSR count). The van der Waals surface area contributed by atoms with Gasteiger partial charge in [-0.3, -0.25) is 0 Å². The van der Waals surface area contributed by atoms with Crippen LogP contribution in [0.15, 0.2) is 12.2 Å². The highest BCUT2D eigenvalue weighted by molar-refractivity contribution is 6.31. The van der Waals surface area contributed by atoms with E-state index in [1.54, 1.807) is 0 Å². The summed E-state index contributed by atoms with van der Waals surface area (Å²) in [6, 6.07) is 0. The zero-order valence-electron chi connectivity index (χ0n) is 7.43. The Morgan fingerprint density at radius 2 is 2.10 bits per heavy atom. The zero-order chi connectivity index (χ0) is 7.82. The molecule has 0 aromatic carbocycles. The lowest BCUT2D eigenvalue weighted by Gasteiger charge is -2.05. The van der Waals surface area contributed by atoms with Crippen molar-refractivity contribution >= 4 is 7.41 Å². The van der Waals surface area contributed by atoms with Crippen molar-refractivity contribution < 1.29 is 0 Å². The summed E-state index contributed by atoms with van der Waals surface area (Å²) in [5.41, 5.74) is 0. The third kappa shape index (κ3) is 7.76. The smallest absolute Gasteiger partial charge is 0.203 e. The Hall–Kier alpha value is -0.235. The summed E-state index contributed by atoms with van der Waals surface area (Å²) in [5, 5.41) is 0. The lowest BCUT2D eigenvalue weighted by molar-refractivity contribution is 0.653. The molecule has 0 saturated heterocycles. The molecule has 0 bridgehead atoms. The monoisotopic (exact) mass is 139 g/mol. The topological polar surface area (TPSA) is 3.24 Å². The number of allylic oxidation sites excluding steroid dienone is 2. The molecule has 2 heteroatoms. The normalized spacial score (nSPS) is 11.2. The van der Waals surface area contributed by atoms with E-state index in [4.69, 9.17) is 0 Å². The number of rotatable bonds is 5. The summed E-state index contributed by atoms with van der Waals surface area (Å²) in [6.45, 7) is 2.08. The standard InChI is InChI=1S/C8H18BN/c1-4-5-6-7-8-9-10(2)3/h4-5,9H,6-8H2,1-3H3/b5-4+. The van der Waals surface area contributed by atoms with Crippen molar-refractivity contribution in [2.24, 2.45) is 0 Å². The minimum Gasteiger partial charge on any atom is -0.350 e. The van der Waals surface area contributed by atoms with E-state index >= 15 is 0 Å². The molecule has 0 aliphatic heterocycles. The van der Waals surface area contributed by atoms with Gasteiger partial charge >= 0.3 is 0 Å². The van der Waals surface area contributed by atoms with Gasteiger partial charge in [-0.25, -0.2) is 0 Å². The Bertz CT molecular complexity index is 89.3. The number of hydrogen-bond donors (Lipinski definition) is 0. The van der Waals surface area contributed by atoms with E-state index in [0.29, 0.717) is 0 Å². The van der Waals surface area contributed by atoms with Crippen molar-refractivity contribution in [3.05, 3.63) is 12.2 Å². The van der Waals surface area contributed by atoms with Crippen LogP contribution in [-0.2, 0) is 0 Å². The Balaban J connectivity index is 2.91. The van der Waals surface area contributed by atoms with E-state index in [1.165, 1.54) is 26.6 Å². The molecule has 0 amide bonds. The van der Waals surface area contributed by atoms with Crippen molar-refractivity contribution in [1.82, 2.24) is 4.81 Å². The summed E-state index contributed by atoms with van der Waals surface area (Å²) < 4.78 is 0. The fraction of sp³-hybridized carbons (Fsp3) is 0.750. The van der Waals surface area contributed by atoms with Crippen molar-refractivity contribution in [3.8, 4) is 0 Å². The van der Waals surface area contributed by atoms with Crippen molar-refractivity contribution in [1.29, 1.82) is 0 Å². The van der Waals surface area contributed by atoms with Crippen molar-refractivity contribution in [3.63, 3.8) is 0 Å². The summed E-state index contributed by atoms with van der Waals surface area (Å²) in [5.74, 6) is 0. The van der Waals surface area contributed by atoms with E-state index in [9.17, 15) is 0 Å². The van der Waals surface area contributed by atoms with Crippen LogP contribution in [0.2, 0.25) is 6.32 Å². The highest BCUT2D eigenvalue weighted by Crippen LogP contribution is 1.96. The van der Waals surface area contributed by atoms with Crippen LogP contribution >= 0.6 is 0 Å². The molecule has 0 aromatic rings. The summed E-state index contributed by atoms with van der Waals surface area (Å²) in [4.78, 5) is 2.23. The van der Waals surface area contributed by atoms with Crippen molar-refractivity contribution in [2.75, 3.05) is 14.1 Å². The zero-order valence-corrected chi connectivity index (χ0v) is 7.43. The van der Waals surface area contributed by atoms with Gasteiger partial charge in [-0.1, -0.05) is 24.9 Å². The first kappa shape index (κ1) is 9.76. The van der Waals surface area contributed by atoms with Crippen LogP contribution in [0, 0.1) is 0 Å². The molecule has 0 aromatic heterocycles. The molecule has 0 aliphatic carbocycles. The first-order valence-corrected chi connectivity index (χ1v) is 4.03. The molecule has 0 spiro atoms. The molecule has 0 radical (unpaired) electrons. The lowest BCUT2D eigenvalue weighted by Crippen LogP contribution is -2.16. The molecule has 0 aliphatic rings. The highest BCUT2D eigenvalue weighted by atomic mass is 15.0. The maximum absolute atomic E-state index is 2.23. The first-order chi connectivity index (χ1) is 4.77. The Labute approximate surface area is 65.4 Å². The molecule has 0 atom stereocenters. The van der Waals surface area contributed by atoms with E-state index in [1.807, 2.05) is 0 Å². The van der Waals surface area contributed by atoms with Gasteiger partial charge in [0.1, 0.15) is 0 Å².